The number of sulfonamides is 1. The third-order valence-electron chi connectivity index (χ3n) is 5.83. The van der Waals surface area contributed by atoms with Gasteiger partial charge in [0.2, 0.25) is 21.8 Å². The van der Waals surface area contributed by atoms with Gasteiger partial charge in [-0.05, 0) is 82.5 Å². The smallest absolute Gasteiger partial charge is 0.243 e. The number of ether oxygens (including phenoxy) is 1. The predicted octanol–water partition coefficient (Wildman–Crippen LogP) is 5.66. The molecule has 8 nitrogen and oxygen atoms in total. The maximum absolute atomic E-state index is 13.6. The summed E-state index contributed by atoms with van der Waals surface area (Å²) in [6.07, 6.45) is 1.80. The van der Waals surface area contributed by atoms with E-state index in [4.69, 9.17) is 27.9 Å². The summed E-state index contributed by atoms with van der Waals surface area (Å²) in [5, 5.41) is 3.82. The molecule has 1 N–H and O–H groups in total. The molecular formula is C28H39Cl2N3O5S. The molecule has 0 aliphatic rings. The van der Waals surface area contributed by atoms with Crippen LogP contribution in [0.25, 0.3) is 0 Å². The van der Waals surface area contributed by atoms with Crippen LogP contribution in [0.4, 0.5) is 5.69 Å². The molecule has 2 rings (SSSR count). The number of hydrogen-bond acceptors (Lipinski definition) is 5. The summed E-state index contributed by atoms with van der Waals surface area (Å²) in [7, 11) is -3.60. The zero-order valence-corrected chi connectivity index (χ0v) is 25.8. The first-order valence-electron chi connectivity index (χ1n) is 12.9. The number of halogens is 2. The van der Waals surface area contributed by atoms with Gasteiger partial charge in [-0.3, -0.25) is 13.9 Å². The second kappa shape index (κ2) is 14.2. The quantitative estimate of drug-likeness (QED) is 0.320. The van der Waals surface area contributed by atoms with Crippen molar-refractivity contribution >= 4 is 50.7 Å². The van der Waals surface area contributed by atoms with Crippen molar-refractivity contribution in [1.29, 1.82) is 0 Å². The van der Waals surface area contributed by atoms with Gasteiger partial charge in [0.05, 0.1) is 18.6 Å². The Labute approximate surface area is 242 Å². The number of rotatable bonds is 13. The molecule has 1 atom stereocenters. The molecule has 11 heteroatoms. The molecule has 2 aromatic carbocycles. The summed E-state index contributed by atoms with van der Waals surface area (Å²) in [6.45, 7) is 10.0. The molecule has 0 heterocycles. The fourth-order valence-corrected chi connectivity index (χ4v) is 5.52. The average molecular weight is 601 g/mol. The van der Waals surface area contributed by atoms with Crippen LogP contribution >= 0.6 is 23.2 Å². The first-order valence-corrected chi connectivity index (χ1v) is 15.5. The van der Waals surface area contributed by atoms with Crippen LogP contribution in [-0.2, 0) is 26.2 Å². The Hall–Kier alpha value is -2.49. The molecule has 2 amide bonds. The second-order valence-electron chi connectivity index (χ2n) is 10.3. The molecule has 0 aliphatic carbocycles. The monoisotopic (exact) mass is 599 g/mol. The van der Waals surface area contributed by atoms with Crippen molar-refractivity contribution in [3.05, 3.63) is 58.1 Å². The van der Waals surface area contributed by atoms with E-state index in [1.807, 2.05) is 34.6 Å². The minimum absolute atomic E-state index is 0.0353. The van der Waals surface area contributed by atoms with Gasteiger partial charge in [-0.1, -0.05) is 36.2 Å². The van der Waals surface area contributed by atoms with Crippen molar-refractivity contribution in [2.75, 3.05) is 23.7 Å². The van der Waals surface area contributed by atoms with Gasteiger partial charge in [-0.2, -0.15) is 0 Å². The lowest BCUT2D eigenvalue weighted by atomic mass is 10.0. The molecule has 0 saturated heterocycles. The highest BCUT2D eigenvalue weighted by Gasteiger charge is 2.31. The van der Waals surface area contributed by atoms with Crippen LogP contribution in [0, 0.1) is 0 Å². The second-order valence-corrected chi connectivity index (χ2v) is 13.0. The normalized spacial score (nSPS) is 12.5. The molecule has 0 aliphatic heterocycles. The number of amides is 2. The minimum Gasteiger partial charge on any atom is -0.494 e. The molecule has 0 saturated carbocycles. The Morgan fingerprint density at radius 1 is 1.05 bits per heavy atom. The summed E-state index contributed by atoms with van der Waals surface area (Å²) in [6, 6.07) is 11.0. The van der Waals surface area contributed by atoms with Crippen molar-refractivity contribution < 1.29 is 22.7 Å². The van der Waals surface area contributed by atoms with Crippen LogP contribution in [0.15, 0.2) is 42.5 Å². The van der Waals surface area contributed by atoms with Gasteiger partial charge in [0.1, 0.15) is 11.8 Å². The van der Waals surface area contributed by atoms with Crippen LogP contribution in [0.2, 0.25) is 10.0 Å². The van der Waals surface area contributed by atoms with Crippen LogP contribution in [-0.4, -0.2) is 56.1 Å². The summed E-state index contributed by atoms with van der Waals surface area (Å²) in [4.78, 5) is 28.3. The van der Waals surface area contributed by atoms with Crippen LogP contribution < -0.4 is 14.4 Å². The Bertz CT molecular complexity index is 1230. The molecule has 39 heavy (non-hydrogen) atoms. The van der Waals surface area contributed by atoms with Crippen LogP contribution in [0.1, 0.15) is 59.4 Å². The fourth-order valence-electron chi connectivity index (χ4n) is 4.09. The van der Waals surface area contributed by atoms with Crippen molar-refractivity contribution in [2.24, 2.45) is 0 Å². The SMILES string of the molecule is CCOc1ccc(N(CCCC(=O)N(Cc2ccc(Cl)cc2Cl)[C@@H](CC)C(=O)NC(C)(C)C)S(C)(=O)=O)cc1. The number of carbonyl (C=O) groups excluding carboxylic acids is 2. The van der Waals surface area contributed by atoms with Crippen LogP contribution in [0.3, 0.4) is 0 Å². The van der Waals surface area contributed by atoms with Gasteiger partial charge in [0.15, 0.2) is 0 Å². The molecule has 0 radical (unpaired) electrons. The number of hydrogen-bond donors (Lipinski definition) is 1. The highest BCUT2D eigenvalue weighted by molar-refractivity contribution is 7.92. The van der Waals surface area contributed by atoms with E-state index in [2.05, 4.69) is 5.32 Å². The molecule has 0 unspecified atom stereocenters. The molecule has 0 bridgehead atoms. The maximum atomic E-state index is 13.6. The van der Waals surface area contributed by atoms with E-state index >= 15 is 0 Å². The molecule has 2 aromatic rings. The van der Waals surface area contributed by atoms with Gasteiger partial charge in [-0.25, -0.2) is 8.42 Å². The Morgan fingerprint density at radius 3 is 2.21 bits per heavy atom. The number of nitrogens with zero attached hydrogens (tertiary/aromatic N) is 2. The van der Waals surface area contributed by atoms with E-state index in [1.54, 1.807) is 42.5 Å². The van der Waals surface area contributed by atoms with E-state index in [0.717, 1.165) is 6.26 Å². The highest BCUT2D eigenvalue weighted by atomic mass is 35.5. The Kier molecular flexibility index (Phi) is 11.9. The lowest BCUT2D eigenvalue weighted by Crippen LogP contribution is -2.53. The van der Waals surface area contributed by atoms with Crippen molar-refractivity contribution in [3.63, 3.8) is 0 Å². The van der Waals surface area contributed by atoms with Gasteiger partial charge in [0.25, 0.3) is 0 Å². The van der Waals surface area contributed by atoms with E-state index in [9.17, 15) is 18.0 Å². The summed E-state index contributed by atoms with van der Waals surface area (Å²) in [5.74, 6) is 0.0909. The van der Waals surface area contributed by atoms with Crippen molar-refractivity contribution in [3.8, 4) is 5.75 Å². The summed E-state index contributed by atoms with van der Waals surface area (Å²) in [5.41, 5.74) is 0.656. The lowest BCUT2D eigenvalue weighted by Gasteiger charge is -2.33. The van der Waals surface area contributed by atoms with Gasteiger partial charge >= 0.3 is 0 Å². The minimum atomic E-state index is -3.60. The molecule has 0 fully saturated rings. The topological polar surface area (TPSA) is 96.0 Å². The molecule has 0 aromatic heterocycles. The first-order chi connectivity index (χ1) is 18.2. The van der Waals surface area contributed by atoms with Crippen LogP contribution in [0.5, 0.6) is 5.75 Å². The number of nitrogens with one attached hydrogen (secondary N) is 1. The summed E-state index contributed by atoms with van der Waals surface area (Å²) < 4.78 is 31.8. The van der Waals surface area contributed by atoms with E-state index in [1.165, 1.54) is 9.21 Å². The Morgan fingerprint density at radius 2 is 1.69 bits per heavy atom. The first kappa shape index (κ1) is 32.7. The summed E-state index contributed by atoms with van der Waals surface area (Å²) >= 11 is 12.5. The van der Waals surface area contributed by atoms with E-state index in [-0.39, 0.29) is 37.7 Å². The number of carbonyl (C=O) groups is 2. The van der Waals surface area contributed by atoms with Gasteiger partial charge in [0, 0.05) is 35.1 Å². The van der Waals surface area contributed by atoms with Gasteiger partial charge < -0.3 is 15.0 Å². The van der Waals surface area contributed by atoms with Gasteiger partial charge in [-0.15, -0.1) is 0 Å². The standard InChI is InChI=1S/C28H39Cl2N3O5S/c1-7-25(27(35)31-28(3,4)5)32(19-20-11-12-21(29)18-24(20)30)26(34)10-9-17-33(39(6,36)37)22-13-15-23(16-14-22)38-8-2/h11-16,18,25H,7-10,17,19H2,1-6H3,(H,31,35)/t25-/m0/s1. The molecular weight excluding hydrogens is 561 g/mol. The Balaban J connectivity index is 2.26. The van der Waals surface area contributed by atoms with E-state index < -0.39 is 21.6 Å². The number of benzene rings is 2. The third-order valence-corrected chi connectivity index (χ3v) is 7.61. The predicted molar refractivity (Wildman–Crippen MR) is 158 cm³/mol. The zero-order valence-electron chi connectivity index (χ0n) is 23.5. The van der Waals surface area contributed by atoms with Crippen molar-refractivity contribution in [1.82, 2.24) is 10.2 Å². The lowest BCUT2D eigenvalue weighted by molar-refractivity contribution is -0.142. The average Bonchev–Trinajstić information content (AvgIpc) is 2.82. The zero-order chi connectivity index (χ0) is 29.4. The number of anilines is 1. The maximum Gasteiger partial charge on any atom is 0.243 e. The molecule has 216 valence electrons. The largest absolute Gasteiger partial charge is 0.494 e. The third kappa shape index (κ3) is 10.2. The van der Waals surface area contributed by atoms with Crippen molar-refractivity contribution in [2.45, 2.75) is 72.0 Å². The molecule has 0 spiro atoms. The highest BCUT2D eigenvalue weighted by Crippen LogP contribution is 2.25. The van der Waals surface area contributed by atoms with E-state index in [0.29, 0.717) is 40.1 Å². The fraction of sp³-hybridized carbons (Fsp3) is 0.500.